The summed E-state index contributed by atoms with van der Waals surface area (Å²) in [7, 11) is 5.91. The van der Waals surface area contributed by atoms with Crippen LogP contribution in [0.4, 0.5) is 0 Å². The molecule has 0 aliphatic rings. The van der Waals surface area contributed by atoms with E-state index in [1.807, 2.05) is 21.1 Å². The lowest BCUT2D eigenvalue weighted by molar-refractivity contribution is -0.870. The van der Waals surface area contributed by atoms with Crippen molar-refractivity contribution in [3.63, 3.8) is 0 Å². The van der Waals surface area contributed by atoms with Crippen LogP contribution in [0.1, 0.15) is 296 Å². The molecule has 0 aromatic rings. The van der Waals surface area contributed by atoms with Crippen molar-refractivity contribution in [3.05, 3.63) is 134 Å². The van der Waals surface area contributed by atoms with Crippen LogP contribution in [-0.4, -0.2) is 82.3 Å². The molecule has 0 aliphatic carbocycles. The molecule has 2 atom stereocenters. The van der Waals surface area contributed by atoms with Gasteiger partial charge in [-0.25, -0.2) is 0 Å². The van der Waals surface area contributed by atoms with Crippen molar-refractivity contribution in [1.29, 1.82) is 0 Å². The number of quaternary nitrogens is 1. The topological polar surface area (TPSA) is 111 Å². The van der Waals surface area contributed by atoms with Crippen LogP contribution in [0.15, 0.2) is 134 Å². The Morgan fingerprint density at radius 3 is 0.966 bits per heavy atom. The van der Waals surface area contributed by atoms with Crippen LogP contribution in [0.5, 0.6) is 0 Å². The third-order valence-electron chi connectivity index (χ3n) is 15.4. The zero-order valence-corrected chi connectivity index (χ0v) is 58.0. The molecule has 0 aromatic heterocycles. The number of carbonyl (C=O) groups excluding carboxylic acids is 3. The van der Waals surface area contributed by atoms with Crippen molar-refractivity contribution >= 4 is 17.9 Å². The Morgan fingerprint density at radius 1 is 0.348 bits per heavy atom. The molecule has 0 saturated heterocycles. The number of allylic oxidation sites excluding steroid dienone is 22. The molecule has 0 amide bonds. The fraction of sp³-hybridized carbons (Fsp3) is 0.688. The van der Waals surface area contributed by atoms with E-state index in [-0.39, 0.29) is 38.6 Å². The molecule has 0 aliphatic heterocycles. The molecule has 0 aromatic carbocycles. The zero-order valence-electron chi connectivity index (χ0n) is 58.0. The van der Waals surface area contributed by atoms with Gasteiger partial charge in [0.1, 0.15) is 13.2 Å². The Balaban J connectivity index is 4.18. The summed E-state index contributed by atoms with van der Waals surface area (Å²) in [5.74, 6) is -2.33. The van der Waals surface area contributed by atoms with Gasteiger partial charge in [-0.15, -0.1) is 0 Å². The lowest BCUT2D eigenvalue weighted by Gasteiger charge is -2.26. The van der Waals surface area contributed by atoms with E-state index < -0.39 is 24.3 Å². The van der Waals surface area contributed by atoms with Gasteiger partial charge in [-0.3, -0.25) is 9.59 Å². The van der Waals surface area contributed by atoms with E-state index in [9.17, 15) is 19.5 Å². The van der Waals surface area contributed by atoms with Gasteiger partial charge < -0.3 is 33.3 Å². The summed E-state index contributed by atoms with van der Waals surface area (Å²) in [4.78, 5) is 37.5. The summed E-state index contributed by atoms with van der Waals surface area (Å²) in [6.07, 6.45) is 96.9. The first-order valence-corrected chi connectivity index (χ1v) is 36.3. The highest BCUT2D eigenvalue weighted by Crippen LogP contribution is 2.17. The first kappa shape index (κ1) is 84.4. The molecular weight excluding hydrogens is 1100 g/mol. The number of aliphatic carboxylic acids is 1. The average Bonchev–Trinajstić information content (AvgIpc) is 3.64. The van der Waals surface area contributed by atoms with Crippen LogP contribution >= 0.6 is 0 Å². The predicted octanol–water partition coefficient (Wildman–Crippen LogP) is 21.6. The minimum absolute atomic E-state index is 0.135. The molecule has 9 nitrogen and oxygen atoms in total. The molecule has 508 valence electrons. The number of likely N-dealkylation sites (N-methyl/N-ethyl adjacent to an activating group) is 1. The second-order valence-corrected chi connectivity index (χ2v) is 25.1. The third-order valence-corrected chi connectivity index (χ3v) is 15.4. The normalized spacial score (nSPS) is 13.5. The average molecular weight is 1240 g/mol. The Hall–Kier alpha value is -4.57. The van der Waals surface area contributed by atoms with Gasteiger partial charge in [0.05, 0.1) is 40.3 Å². The lowest BCUT2D eigenvalue weighted by atomic mass is 10.0. The molecule has 0 N–H and O–H groups in total. The van der Waals surface area contributed by atoms with Crippen molar-refractivity contribution in [3.8, 4) is 0 Å². The maximum atomic E-state index is 12.9. The molecule has 0 bridgehead atoms. The summed E-state index contributed by atoms with van der Waals surface area (Å²) in [6.45, 7) is 4.60. The van der Waals surface area contributed by atoms with E-state index in [2.05, 4.69) is 148 Å². The number of nitrogens with zero attached hydrogens (tertiary/aromatic N) is 1. The minimum Gasteiger partial charge on any atom is -0.545 e. The van der Waals surface area contributed by atoms with Gasteiger partial charge in [0.15, 0.2) is 12.4 Å². The van der Waals surface area contributed by atoms with Crippen molar-refractivity contribution in [2.45, 2.75) is 309 Å². The highest BCUT2D eigenvalue weighted by molar-refractivity contribution is 5.70. The number of esters is 2. The molecular formula is C80H135NO8. The van der Waals surface area contributed by atoms with E-state index in [4.69, 9.17) is 18.9 Å². The first-order chi connectivity index (χ1) is 43.6. The Kier molecular flexibility index (Phi) is 65.8. The minimum atomic E-state index is -1.64. The van der Waals surface area contributed by atoms with Gasteiger partial charge in [-0.05, 0) is 116 Å². The first-order valence-electron chi connectivity index (χ1n) is 36.3. The van der Waals surface area contributed by atoms with E-state index in [0.29, 0.717) is 17.4 Å². The van der Waals surface area contributed by atoms with Crippen LogP contribution in [0, 0.1) is 0 Å². The highest BCUT2D eigenvalue weighted by Gasteiger charge is 2.22. The molecule has 0 fully saturated rings. The van der Waals surface area contributed by atoms with Crippen LogP contribution in [0.3, 0.4) is 0 Å². The van der Waals surface area contributed by atoms with Gasteiger partial charge in [0.2, 0.25) is 0 Å². The summed E-state index contributed by atoms with van der Waals surface area (Å²) in [5.41, 5.74) is 0. The van der Waals surface area contributed by atoms with E-state index in [1.165, 1.54) is 161 Å². The molecule has 0 rings (SSSR count). The summed E-state index contributed by atoms with van der Waals surface area (Å²) in [6, 6.07) is 0. The number of carbonyl (C=O) groups is 3. The molecule has 2 unspecified atom stereocenters. The fourth-order valence-electron chi connectivity index (χ4n) is 9.86. The largest absolute Gasteiger partial charge is 0.545 e. The van der Waals surface area contributed by atoms with Crippen LogP contribution in [0.2, 0.25) is 0 Å². The second-order valence-electron chi connectivity index (χ2n) is 25.1. The van der Waals surface area contributed by atoms with E-state index in [0.717, 1.165) is 103 Å². The summed E-state index contributed by atoms with van der Waals surface area (Å²) < 4.78 is 22.8. The lowest BCUT2D eigenvalue weighted by Crippen LogP contribution is -2.44. The van der Waals surface area contributed by atoms with Gasteiger partial charge in [-0.2, -0.15) is 0 Å². The van der Waals surface area contributed by atoms with Crippen molar-refractivity contribution in [2.24, 2.45) is 0 Å². The van der Waals surface area contributed by atoms with E-state index >= 15 is 0 Å². The Morgan fingerprint density at radius 2 is 0.640 bits per heavy atom. The highest BCUT2D eigenvalue weighted by atomic mass is 16.7. The monoisotopic (exact) mass is 1240 g/mol. The summed E-state index contributed by atoms with van der Waals surface area (Å²) >= 11 is 0. The van der Waals surface area contributed by atoms with Crippen LogP contribution < -0.4 is 5.11 Å². The van der Waals surface area contributed by atoms with Crippen molar-refractivity contribution < 1.29 is 42.9 Å². The maximum Gasteiger partial charge on any atom is 0.306 e. The molecule has 9 heteroatoms. The number of carboxylic acid groups (broad SMARTS) is 1. The van der Waals surface area contributed by atoms with Crippen molar-refractivity contribution in [2.75, 3.05) is 47.5 Å². The van der Waals surface area contributed by atoms with Gasteiger partial charge >= 0.3 is 11.9 Å². The number of hydrogen-bond acceptors (Lipinski definition) is 8. The Bertz CT molecular complexity index is 1930. The van der Waals surface area contributed by atoms with Crippen molar-refractivity contribution in [1.82, 2.24) is 0 Å². The quantitative estimate of drug-likeness (QED) is 0.0195. The zero-order chi connectivity index (χ0) is 64.7. The SMILES string of the molecule is CC/C=C\C/C=C\C/C=C\C/C=C\C/C=C\C/C=C\C/C=C\C/C=C\C/C=C\CCCCCC(=O)OC(COC(=O)CCCCCCCCCCCCCCCCCCCCCCC/C=C\C/C=C\CCCCCCC)COC(OCC[N+](C)(C)C)C(=O)[O-]. The number of rotatable bonds is 66. The standard InChI is InChI=1S/C80H135NO8/c1-6-8-10-12-14-16-18-20-22-24-26-28-30-32-34-36-38-39-41-42-44-46-48-50-52-54-56-58-60-62-64-66-68-70-77(82)87-74-76(75-88-80(79(84)85)86-73-72-81(3,4)5)89-78(83)71-69-67-65-63-61-59-57-55-53-51-49-47-45-43-40-37-35-33-31-29-27-25-23-21-19-17-15-13-11-9-7-2/h9,11,15,17-18,20-21,23-24,26-27,29,33,35,40,43,47,49,53,55,59,61,76,80H,6-8,10,12-14,16,19,22,25,28,30-32,34,36-39,41-42,44-46,48,50-52,54,56-58,60,62-75H2,1-5H3/b11-9-,17-15-,20-18-,23-21-,26-24-,29-27-,35-33-,43-40-,49-47-,55-53-,61-59-. The third kappa shape index (κ3) is 70.7. The predicted molar refractivity (Wildman–Crippen MR) is 379 cm³/mol. The smallest absolute Gasteiger partial charge is 0.306 e. The molecule has 0 heterocycles. The second kappa shape index (κ2) is 69.3. The maximum absolute atomic E-state index is 12.9. The molecule has 0 saturated carbocycles. The summed E-state index contributed by atoms with van der Waals surface area (Å²) in [5, 5.41) is 11.8. The van der Waals surface area contributed by atoms with Gasteiger partial charge in [0.25, 0.3) is 0 Å². The number of carboxylic acids is 1. The molecule has 0 spiro atoms. The molecule has 0 radical (unpaired) electrons. The number of ether oxygens (including phenoxy) is 4. The van der Waals surface area contributed by atoms with Gasteiger partial charge in [0, 0.05) is 12.8 Å². The number of unbranched alkanes of at least 4 members (excludes halogenated alkanes) is 29. The van der Waals surface area contributed by atoms with Crippen LogP contribution in [-0.2, 0) is 33.3 Å². The molecule has 89 heavy (non-hydrogen) atoms. The van der Waals surface area contributed by atoms with Crippen LogP contribution in [0.25, 0.3) is 0 Å². The number of hydrogen-bond donors (Lipinski definition) is 0. The fourth-order valence-corrected chi connectivity index (χ4v) is 9.86. The van der Waals surface area contributed by atoms with E-state index in [1.54, 1.807) is 0 Å². The van der Waals surface area contributed by atoms with Gasteiger partial charge in [-0.1, -0.05) is 302 Å². The Labute approximate surface area is 548 Å².